The van der Waals surface area contributed by atoms with Crippen LogP contribution in [0.25, 0.3) is 0 Å². The maximum Gasteiger partial charge on any atom is 0.137 e. The van der Waals surface area contributed by atoms with E-state index in [0.717, 1.165) is 37.8 Å². The zero-order chi connectivity index (χ0) is 14.7. The molecule has 1 N–H and O–H groups in total. The summed E-state index contributed by atoms with van der Waals surface area (Å²) >= 11 is 0. The molecule has 1 saturated heterocycles. The molecule has 116 valence electrons. The Morgan fingerprint density at radius 3 is 2.95 bits per heavy atom. The SMILES string of the molecule is CC(C)OCC[C@H]1C[C@@H]1c1cncc(OC[C@@H]2CCN2)c1. The maximum absolute atomic E-state index is 5.83. The molecule has 0 aromatic carbocycles. The van der Waals surface area contributed by atoms with Crippen molar-refractivity contribution in [3.8, 4) is 5.75 Å². The van der Waals surface area contributed by atoms with Crippen LogP contribution in [0.4, 0.5) is 0 Å². The molecule has 0 bridgehead atoms. The van der Waals surface area contributed by atoms with Crippen LogP contribution in [0, 0.1) is 5.92 Å². The number of aromatic nitrogens is 1. The van der Waals surface area contributed by atoms with Crippen LogP contribution in [0.2, 0.25) is 0 Å². The molecular weight excluding hydrogens is 264 g/mol. The number of hydrogen-bond acceptors (Lipinski definition) is 4. The van der Waals surface area contributed by atoms with Crippen molar-refractivity contribution < 1.29 is 9.47 Å². The molecule has 1 aliphatic heterocycles. The highest BCUT2D eigenvalue weighted by molar-refractivity contribution is 5.30. The predicted molar refractivity (Wildman–Crippen MR) is 82.7 cm³/mol. The van der Waals surface area contributed by atoms with Gasteiger partial charge in [0.1, 0.15) is 12.4 Å². The van der Waals surface area contributed by atoms with Gasteiger partial charge in [-0.15, -0.1) is 0 Å². The minimum absolute atomic E-state index is 0.334. The van der Waals surface area contributed by atoms with Gasteiger partial charge in [-0.3, -0.25) is 4.98 Å². The predicted octanol–water partition coefficient (Wildman–Crippen LogP) is 2.74. The molecule has 1 saturated carbocycles. The molecule has 1 aromatic rings. The van der Waals surface area contributed by atoms with Crippen molar-refractivity contribution in [2.24, 2.45) is 5.92 Å². The Hall–Kier alpha value is -1.13. The normalized spacial score (nSPS) is 27.5. The molecule has 21 heavy (non-hydrogen) atoms. The molecular formula is C17H26N2O2. The third-order valence-corrected chi connectivity index (χ3v) is 4.40. The summed E-state index contributed by atoms with van der Waals surface area (Å²) in [5, 5.41) is 3.35. The summed E-state index contributed by atoms with van der Waals surface area (Å²) in [6.45, 7) is 6.92. The van der Waals surface area contributed by atoms with Crippen LogP contribution in [0.3, 0.4) is 0 Å². The van der Waals surface area contributed by atoms with E-state index in [2.05, 4.69) is 30.2 Å². The monoisotopic (exact) mass is 290 g/mol. The molecule has 2 aliphatic rings. The van der Waals surface area contributed by atoms with Gasteiger partial charge in [0, 0.05) is 18.8 Å². The van der Waals surface area contributed by atoms with E-state index in [1.807, 2.05) is 12.4 Å². The molecule has 0 spiro atoms. The third-order valence-electron chi connectivity index (χ3n) is 4.40. The van der Waals surface area contributed by atoms with Gasteiger partial charge in [0.2, 0.25) is 0 Å². The van der Waals surface area contributed by atoms with Gasteiger partial charge in [0.05, 0.1) is 12.3 Å². The summed E-state index contributed by atoms with van der Waals surface area (Å²) < 4.78 is 11.5. The summed E-state index contributed by atoms with van der Waals surface area (Å²) in [6.07, 6.45) is 7.77. The second-order valence-electron chi connectivity index (χ2n) is 6.52. The number of nitrogens with one attached hydrogen (secondary N) is 1. The first-order valence-electron chi connectivity index (χ1n) is 8.15. The van der Waals surface area contributed by atoms with Gasteiger partial charge in [-0.05, 0) is 63.1 Å². The Morgan fingerprint density at radius 1 is 1.38 bits per heavy atom. The Bertz CT molecular complexity index is 460. The standard InChI is InChI=1S/C17H26N2O2/c1-12(2)20-6-4-13-8-17(13)14-7-16(10-18-9-14)21-11-15-3-5-19-15/h7,9-10,12-13,15,17,19H,3-6,8,11H2,1-2H3/t13-,15-,17-/m0/s1. The average molecular weight is 290 g/mol. The van der Waals surface area contributed by atoms with Gasteiger partial charge in [-0.25, -0.2) is 0 Å². The van der Waals surface area contributed by atoms with Crippen LogP contribution < -0.4 is 10.1 Å². The first-order valence-corrected chi connectivity index (χ1v) is 8.15. The number of nitrogens with zero attached hydrogens (tertiary/aromatic N) is 1. The molecule has 2 heterocycles. The van der Waals surface area contributed by atoms with E-state index in [9.17, 15) is 0 Å². The fraction of sp³-hybridized carbons (Fsp3) is 0.706. The highest BCUT2D eigenvalue weighted by Gasteiger charge is 2.38. The van der Waals surface area contributed by atoms with E-state index in [0.29, 0.717) is 18.1 Å². The molecule has 0 amide bonds. The number of pyridine rings is 1. The van der Waals surface area contributed by atoms with E-state index >= 15 is 0 Å². The quantitative estimate of drug-likeness (QED) is 0.799. The van der Waals surface area contributed by atoms with Crippen molar-refractivity contribution in [2.75, 3.05) is 19.8 Å². The lowest BCUT2D eigenvalue weighted by atomic mass is 10.1. The fourth-order valence-electron chi connectivity index (χ4n) is 2.83. The van der Waals surface area contributed by atoms with Crippen LogP contribution in [-0.4, -0.2) is 36.9 Å². The number of rotatable bonds is 8. The molecule has 2 fully saturated rings. The van der Waals surface area contributed by atoms with E-state index < -0.39 is 0 Å². The highest BCUT2D eigenvalue weighted by atomic mass is 16.5. The summed E-state index contributed by atoms with van der Waals surface area (Å²) in [6, 6.07) is 2.69. The Kier molecular flexibility index (Phi) is 4.76. The van der Waals surface area contributed by atoms with Gasteiger partial charge < -0.3 is 14.8 Å². The molecule has 1 aliphatic carbocycles. The zero-order valence-corrected chi connectivity index (χ0v) is 13.0. The molecule has 0 unspecified atom stereocenters. The lowest BCUT2D eigenvalue weighted by Crippen LogP contribution is -2.46. The molecule has 4 heteroatoms. The second kappa shape index (κ2) is 6.75. The Balaban J connectivity index is 1.45. The molecule has 3 rings (SSSR count). The van der Waals surface area contributed by atoms with E-state index in [1.165, 1.54) is 18.4 Å². The zero-order valence-electron chi connectivity index (χ0n) is 13.0. The van der Waals surface area contributed by atoms with Gasteiger partial charge in [0.25, 0.3) is 0 Å². The van der Waals surface area contributed by atoms with Crippen LogP contribution >= 0.6 is 0 Å². The van der Waals surface area contributed by atoms with E-state index in [1.54, 1.807) is 0 Å². The number of ether oxygens (including phenoxy) is 2. The summed E-state index contributed by atoms with van der Waals surface area (Å²) in [7, 11) is 0. The largest absolute Gasteiger partial charge is 0.490 e. The van der Waals surface area contributed by atoms with Crippen molar-refractivity contribution in [3.05, 3.63) is 24.0 Å². The van der Waals surface area contributed by atoms with Crippen molar-refractivity contribution >= 4 is 0 Å². The lowest BCUT2D eigenvalue weighted by Gasteiger charge is -2.27. The molecule has 4 nitrogen and oxygen atoms in total. The van der Waals surface area contributed by atoms with Crippen molar-refractivity contribution in [3.63, 3.8) is 0 Å². The van der Waals surface area contributed by atoms with Crippen molar-refractivity contribution in [1.82, 2.24) is 10.3 Å². The van der Waals surface area contributed by atoms with Gasteiger partial charge >= 0.3 is 0 Å². The summed E-state index contributed by atoms with van der Waals surface area (Å²) in [4.78, 5) is 4.33. The molecule has 0 radical (unpaired) electrons. The average Bonchev–Trinajstić information content (AvgIpc) is 3.16. The minimum Gasteiger partial charge on any atom is -0.490 e. The minimum atomic E-state index is 0.334. The third kappa shape index (κ3) is 4.17. The Morgan fingerprint density at radius 2 is 2.24 bits per heavy atom. The first-order chi connectivity index (χ1) is 10.2. The maximum atomic E-state index is 5.83. The van der Waals surface area contributed by atoms with Crippen LogP contribution in [0.15, 0.2) is 18.5 Å². The highest BCUT2D eigenvalue weighted by Crippen LogP contribution is 2.49. The van der Waals surface area contributed by atoms with Crippen LogP contribution in [-0.2, 0) is 4.74 Å². The smallest absolute Gasteiger partial charge is 0.137 e. The molecule has 3 atom stereocenters. The van der Waals surface area contributed by atoms with Gasteiger partial charge in [-0.1, -0.05) is 0 Å². The van der Waals surface area contributed by atoms with E-state index in [4.69, 9.17) is 9.47 Å². The lowest BCUT2D eigenvalue weighted by molar-refractivity contribution is 0.0740. The number of hydrogen-bond donors (Lipinski definition) is 1. The van der Waals surface area contributed by atoms with E-state index in [-0.39, 0.29) is 0 Å². The first kappa shape index (κ1) is 14.8. The summed E-state index contributed by atoms with van der Waals surface area (Å²) in [5.74, 6) is 2.32. The summed E-state index contributed by atoms with van der Waals surface area (Å²) in [5.41, 5.74) is 1.32. The fourth-order valence-corrected chi connectivity index (χ4v) is 2.83. The second-order valence-corrected chi connectivity index (χ2v) is 6.52. The van der Waals surface area contributed by atoms with Crippen LogP contribution in [0.5, 0.6) is 5.75 Å². The topological polar surface area (TPSA) is 43.4 Å². The van der Waals surface area contributed by atoms with Crippen LogP contribution in [0.1, 0.15) is 44.6 Å². The van der Waals surface area contributed by atoms with Crippen molar-refractivity contribution in [1.29, 1.82) is 0 Å². The van der Waals surface area contributed by atoms with Gasteiger partial charge in [0.15, 0.2) is 0 Å². The Labute approximate surface area is 127 Å². The molecule has 1 aromatic heterocycles. The van der Waals surface area contributed by atoms with Gasteiger partial charge in [-0.2, -0.15) is 0 Å². The van der Waals surface area contributed by atoms with Crippen molar-refractivity contribution in [2.45, 2.75) is 51.2 Å².